The summed E-state index contributed by atoms with van der Waals surface area (Å²) in [5.41, 5.74) is 0.272. The van der Waals surface area contributed by atoms with E-state index in [1.54, 1.807) is 0 Å². The molecule has 0 radical (unpaired) electrons. The Hall–Kier alpha value is -1.29. The van der Waals surface area contributed by atoms with E-state index in [0.717, 1.165) is 0 Å². The van der Waals surface area contributed by atoms with Gasteiger partial charge < -0.3 is 5.73 Å². The summed E-state index contributed by atoms with van der Waals surface area (Å²) < 4.78 is 59.7. The molecular formula is C6H9F3N4O2S. The third kappa shape index (κ3) is 2.44. The van der Waals surface area contributed by atoms with Gasteiger partial charge in [-0.3, -0.25) is 4.68 Å². The predicted molar refractivity (Wildman–Crippen MR) is 49.4 cm³/mol. The molecule has 3 N–H and O–H groups in total. The lowest BCUT2D eigenvalue weighted by atomic mass is 10.3. The zero-order valence-corrected chi connectivity index (χ0v) is 8.93. The summed E-state index contributed by atoms with van der Waals surface area (Å²) in [6.45, 7) is -0.554. The van der Waals surface area contributed by atoms with Crippen molar-refractivity contribution in [1.82, 2.24) is 14.5 Å². The summed E-state index contributed by atoms with van der Waals surface area (Å²) in [4.78, 5) is 0. The van der Waals surface area contributed by atoms with Crippen LogP contribution in [0, 0.1) is 0 Å². The van der Waals surface area contributed by atoms with Crippen LogP contribution >= 0.6 is 0 Å². The zero-order valence-electron chi connectivity index (χ0n) is 8.11. The highest BCUT2D eigenvalue weighted by molar-refractivity contribution is 7.90. The SMILES string of the molecule is Cn1ncc(CNS(=O)(=O)C(F)(F)F)c1N. The molecule has 0 aromatic carbocycles. The van der Waals surface area contributed by atoms with E-state index in [2.05, 4.69) is 5.10 Å². The van der Waals surface area contributed by atoms with Crippen LogP contribution < -0.4 is 10.5 Å². The lowest BCUT2D eigenvalue weighted by Gasteiger charge is -2.08. The summed E-state index contributed by atoms with van der Waals surface area (Å²) in [5.74, 6) is 0.102. The Bertz CT molecular complexity index is 478. The van der Waals surface area contributed by atoms with Crippen LogP contribution in [-0.4, -0.2) is 23.7 Å². The van der Waals surface area contributed by atoms with Crippen LogP contribution in [-0.2, 0) is 23.6 Å². The van der Waals surface area contributed by atoms with E-state index in [1.807, 2.05) is 0 Å². The van der Waals surface area contributed by atoms with E-state index in [1.165, 1.54) is 22.6 Å². The van der Waals surface area contributed by atoms with Gasteiger partial charge in [-0.15, -0.1) is 0 Å². The van der Waals surface area contributed by atoms with Gasteiger partial charge in [0, 0.05) is 19.2 Å². The minimum absolute atomic E-state index is 0.102. The number of sulfonamides is 1. The molecule has 0 aliphatic carbocycles. The molecule has 0 atom stereocenters. The fraction of sp³-hybridized carbons (Fsp3) is 0.500. The lowest BCUT2D eigenvalue weighted by molar-refractivity contribution is -0.0448. The number of hydrogen-bond donors (Lipinski definition) is 2. The van der Waals surface area contributed by atoms with Gasteiger partial charge in [0.1, 0.15) is 5.82 Å². The number of hydrogen-bond acceptors (Lipinski definition) is 4. The van der Waals surface area contributed by atoms with E-state index in [4.69, 9.17) is 5.73 Å². The number of anilines is 1. The highest BCUT2D eigenvalue weighted by Crippen LogP contribution is 2.22. The average molecular weight is 258 g/mol. The van der Waals surface area contributed by atoms with Crippen molar-refractivity contribution in [3.05, 3.63) is 11.8 Å². The second-order valence-electron chi connectivity index (χ2n) is 2.95. The number of rotatable bonds is 3. The van der Waals surface area contributed by atoms with E-state index in [9.17, 15) is 21.6 Å². The topological polar surface area (TPSA) is 90.0 Å². The fourth-order valence-electron chi connectivity index (χ4n) is 0.883. The second kappa shape index (κ2) is 3.94. The van der Waals surface area contributed by atoms with Crippen LogP contribution in [0.2, 0.25) is 0 Å². The smallest absolute Gasteiger partial charge is 0.384 e. The van der Waals surface area contributed by atoms with Crippen LogP contribution in [0.3, 0.4) is 0 Å². The molecule has 0 spiro atoms. The molecule has 10 heteroatoms. The van der Waals surface area contributed by atoms with Crippen molar-refractivity contribution in [2.75, 3.05) is 5.73 Å². The van der Waals surface area contributed by atoms with Crippen molar-refractivity contribution in [3.8, 4) is 0 Å². The number of aryl methyl sites for hydroxylation is 1. The molecule has 1 aromatic heterocycles. The maximum absolute atomic E-state index is 11.9. The maximum Gasteiger partial charge on any atom is 0.511 e. The van der Waals surface area contributed by atoms with Gasteiger partial charge in [-0.25, -0.2) is 13.1 Å². The Morgan fingerprint density at radius 2 is 2.12 bits per heavy atom. The maximum atomic E-state index is 11.9. The number of nitrogens with zero attached hydrogens (tertiary/aromatic N) is 2. The quantitative estimate of drug-likeness (QED) is 0.794. The Balaban J connectivity index is 2.77. The van der Waals surface area contributed by atoms with Crippen LogP contribution in [0.4, 0.5) is 19.0 Å². The lowest BCUT2D eigenvalue weighted by Crippen LogP contribution is -2.36. The molecule has 0 saturated carbocycles. The molecule has 0 aliphatic rings. The normalized spacial score (nSPS) is 13.0. The fourth-order valence-corrected chi connectivity index (χ4v) is 1.39. The summed E-state index contributed by atoms with van der Waals surface area (Å²) in [6.07, 6.45) is 1.19. The first kappa shape index (κ1) is 12.8. The predicted octanol–water partition coefficient (Wildman–Crippen LogP) is -0.0585. The zero-order chi connectivity index (χ0) is 12.6. The Morgan fingerprint density at radius 3 is 2.50 bits per heavy atom. The molecule has 0 unspecified atom stereocenters. The number of alkyl halides is 3. The highest BCUT2D eigenvalue weighted by atomic mass is 32.2. The standard InChI is InChI=1S/C6H9F3N4O2S/c1-13-5(10)4(2-11-13)3-12-16(14,15)6(7,8)9/h2,12H,3,10H2,1H3. The molecule has 0 saturated heterocycles. The second-order valence-corrected chi connectivity index (χ2v) is 4.71. The Labute approximate surface area is 89.3 Å². The minimum atomic E-state index is -5.35. The van der Waals surface area contributed by atoms with Gasteiger partial charge in [-0.2, -0.15) is 18.3 Å². The molecule has 6 nitrogen and oxygen atoms in total. The van der Waals surface area contributed by atoms with Gasteiger partial charge in [-0.05, 0) is 0 Å². The molecule has 1 aromatic rings. The summed E-state index contributed by atoms with van der Waals surface area (Å²) in [6, 6.07) is 0. The monoisotopic (exact) mass is 258 g/mol. The largest absolute Gasteiger partial charge is 0.511 e. The molecule has 0 amide bonds. The van der Waals surface area contributed by atoms with E-state index in [-0.39, 0.29) is 11.4 Å². The minimum Gasteiger partial charge on any atom is -0.384 e. The van der Waals surface area contributed by atoms with Gasteiger partial charge in [0.2, 0.25) is 0 Å². The van der Waals surface area contributed by atoms with Gasteiger partial charge in [0.15, 0.2) is 0 Å². The van der Waals surface area contributed by atoms with Crippen LogP contribution in [0.5, 0.6) is 0 Å². The van der Waals surface area contributed by atoms with Crippen molar-refractivity contribution in [3.63, 3.8) is 0 Å². The number of halogens is 3. The molecule has 0 aliphatic heterocycles. The van der Waals surface area contributed by atoms with Gasteiger partial charge in [0.25, 0.3) is 0 Å². The summed E-state index contributed by atoms with van der Waals surface area (Å²) in [5, 5.41) is 3.65. The number of nitrogen functional groups attached to an aromatic ring is 1. The summed E-state index contributed by atoms with van der Waals surface area (Å²) in [7, 11) is -3.86. The van der Waals surface area contributed by atoms with Gasteiger partial charge in [-0.1, -0.05) is 0 Å². The molecule has 0 fully saturated rings. The average Bonchev–Trinajstić information content (AvgIpc) is 2.43. The highest BCUT2D eigenvalue weighted by Gasteiger charge is 2.45. The Kier molecular flexibility index (Phi) is 3.15. The molecule has 0 bridgehead atoms. The molecule has 16 heavy (non-hydrogen) atoms. The van der Waals surface area contributed by atoms with Crippen LogP contribution in [0.15, 0.2) is 6.20 Å². The van der Waals surface area contributed by atoms with E-state index in [0.29, 0.717) is 0 Å². The molecular weight excluding hydrogens is 249 g/mol. The molecule has 92 valence electrons. The van der Waals surface area contributed by atoms with E-state index < -0.39 is 22.1 Å². The van der Waals surface area contributed by atoms with Crippen molar-refractivity contribution in [1.29, 1.82) is 0 Å². The van der Waals surface area contributed by atoms with E-state index >= 15 is 0 Å². The van der Waals surface area contributed by atoms with Crippen LogP contribution in [0.1, 0.15) is 5.56 Å². The van der Waals surface area contributed by atoms with Crippen molar-refractivity contribution in [2.45, 2.75) is 12.1 Å². The van der Waals surface area contributed by atoms with Gasteiger partial charge >= 0.3 is 15.5 Å². The third-order valence-electron chi connectivity index (χ3n) is 1.82. The first-order valence-corrected chi connectivity index (χ1v) is 5.46. The third-order valence-corrected chi connectivity index (χ3v) is 2.96. The van der Waals surface area contributed by atoms with Crippen molar-refractivity contribution in [2.24, 2.45) is 7.05 Å². The first-order valence-electron chi connectivity index (χ1n) is 3.97. The van der Waals surface area contributed by atoms with Crippen molar-refractivity contribution >= 4 is 15.8 Å². The number of nitrogens with one attached hydrogen (secondary N) is 1. The van der Waals surface area contributed by atoms with Gasteiger partial charge in [0.05, 0.1) is 6.20 Å². The summed E-state index contributed by atoms with van der Waals surface area (Å²) >= 11 is 0. The first-order chi connectivity index (χ1) is 7.15. The number of aromatic nitrogens is 2. The van der Waals surface area contributed by atoms with Crippen LogP contribution in [0.25, 0.3) is 0 Å². The molecule has 1 rings (SSSR count). The Morgan fingerprint density at radius 1 is 1.56 bits per heavy atom. The number of nitrogens with two attached hydrogens (primary N) is 1. The molecule has 1 heterocycles. The van der Waals surface area contributed by atoms with Crippen molar-refractivity contribution < 1.29 is 21.6 Å².